The summed E-state index contributed by atoms with van der Waals surface area (Å²) in [5.41, 5.74) is 1.55. The van der Waals surface area contributed by atoms with Crippen LogP contribution in [0.5, 0.6) is 0 Å². The summed E-state index contributed by atoms with van der Waals surface area (Å²) in [6.45, 7) is 12.7. The maximum atomic E-state index is 4.44. The number of aliphatic imine (C=N–C) groups is 1. The molecule has 2 N–H and O–H groups in total. The number of hydrogen-bond acceptors (Lipinski definition) is 3. The largest absolute Gasteiger partial charge is 0.356 e. The van der Waals surface area contributed by atoms with Gasteiger partial charge in [-0.3, -0.25) is 4.99 Å². The first kappa shape index (κ1) is 18.0. The number of hydrogen-bond donors (Lipinski definition) is 2. The van der Waals surface area contributed by atoms with E-state index in [9.17, 15) is 0 Å². The van der Waals surface area contributed by atoms with Gasteiger partial charge in [0.05, 0.1) is 17.2 Å². The summed E-state index contributed by atoms with van der Waals surface area (Å²) < 4.78 is 0. The van der Waals surface area contributed by atoms with Crippen molar-refractivity contribution in [2.45, 2.75) is 60.4 Å². The molecule has 0 unspecified atom stereocenters. The minimum atomic E-state index is 0.432. The number of rotatable bonds is 6. The van der Waals surface area contributed by atoms with Crippen molar-refractivity contribution in [2.24, 2.45) is 10.4 Å². The molecule has 0 saturated heterocycles. The first-order valence-electron chi connectivity index (χ1n) is 7.69. The lowest BCUT2D eigenvalue weighted by Crippen LogP contribution is -2.37. The Labute approximate surface area is 133 Å². The van der Waals surface area contributed by atoms with Gasteiger partial charge in [-0.25, -0.2) is 4.98 Å². The third-order valence-electron chi connectivity index (χ3n) is 3.29. The maximum Gasteiger partial charge on any atom is 0.191 e. The Morgan fingerprint density at radius 1 is 1.19 bits per heavy atom. The lowest BCUT2D eigenvalue weighted by atomic mass is 9.90. The fourth-order valence-corrected chi connectivity index (χ4v) is 2.99. The van der Waals surface area contributed by atoms with Crippen molar-refractivity contribution in [3.05, 3.63) is 15.6 Å². The van der Waals surface area contributed by atoms with Gasteiger partial charge in [0, 0.05) is 18.5 Å². The Morgan fingerprint density at radius 3 is 2.43 bits per heavy atom. The lowest BCUT2D eigenvalue weighted by molar-refractivity contribution is 0.360. The van der Waals surface area contributed by atoms with E-state index in [0.29, 0.717) is 5.41 Å². The second-order valence-corrected chi connectivity index (χ2v) is 7.90. The summed E-state index contributed by atoms with van der Waals surface area (Å²) in [4.78, 5) is 9.99. The van der Waals surface area contributed by atoms with Gasteiger partial charge in [-0.1, -0.05) is 27.2 Å². The summed E-state index contributed by atoms with van der Waals surface area (Å²) in [5.74, 6) is 0.871. The molecule has 0 fully saturated rings. The van der Waals surface area contributed by atoms with Crippen molar-refractivity contribution in [3.63, 3.8) is 0 Å². The number of aromatic nitrogens is 1. The summed E-state index contributed by atoms with van der Waals surface area (Å²) >= 11 is 1.75. The summed E-state index contributed by atoms with van der Waals surface area (Å²) in [6, 6.07) is 0. The zero-order valence-corrected chi connectivity index (χ0v) is 15.2. The highest BCUT2D eigenvalue weighted by Crippen LogP contribution is 2.21. The van der Waals surface area contributed by atoms with E-state index in [4.69, 9.17) is 0 Å². The maximum absolute atomic E-state index is 4.44. The van der Waals surface area contributed by atoms with Crippen LogP contribution in [0.2, 0.25) is 0 Å². The van der Waals surface area contributed by atoms with Crippen molar-refractivity contribution in [3.8, 4) is 0 Å². The SMILES string of the molecule is CN=C(NCCCCC(C)(C)C)NCc1sc(C)nc1C. The minimum Gasteiger partial charge on any atom is -0.356 e. The van der Waals surface area contributed by atoms with E-state index in [1.54, 1.807) is 11.3 Å². The monoisotopic (exact) mass is 310 g/mol. The molecular weight excluding hydrogens is 280 g/mol. The van der Waals surface area contributed by atoms with Gasteiger partial charge in [0.15, 0.2) is 5.96 Å². The van der Waals surface area contributed by atoms with Gasteiger partial charge in [-0.05, 0) is 32.1 Å². The first-order chi connectivity index (χ1) is 9.81. The predicted molar refractivity (Wildman–Crippen MR) is 93.1 cm³/mol. The minimum absolute atomic E-state index is 0.432. The Balaban J connectivity index is 2.25. The molecule has 120 valence electrons. The van der Waals surface area contributed by atoms with Gasteiger partial charge >= 0.3 is 0 Å². The molecule has 0 spiro atoms. The van der Waals surface area contributed by atoms with Crippen LogP contribution in [0.15, 0.2) is 4.99 Å². The average molecular weight is 311 g/mol. The van der Waals surface area contributed by atoms with Crippen LogP contribution in [-0.2, 0) is 6.54 Å². The van der Waals surface area contributed by atoms with Crippen LogP contribution in [0.3, 0.4) is 0 Å². The fraction of sp³-hybridized carbons (Fsp3) is 0.750. The summed E-state index contributed by atoms with van der Waals surface area (Å²) in [6.07, 6.45) is 3.69. The molecule has 0 bridgehead atoms. The Morgan fingerprint density at radius 2 is 1.90 bits per heavy atom. The van der Waals surface area contributed by atoms with Crippen molar-refractivity contribution in [1.82, 2.24) is 15.6 Å². The normalized spacial score (nSPS) is 12.6. The van der Waals surface area contributed by atoms with E-state index in [-0.39, 0.29) is 0 Å². The van der Waals surface area contributed by atoms with Gasteiger partial charge in [-0.15, -0.1) is 11.3 Å². The molecule has 1 heterocycles. The van der Waals surface area contributed by atoms with Crippen LogP contribution in [0.1, 0.15) is 55.6 Å². The van der Waals surface area contributed by atoms with E-state index >= 15 is 0 Å². The zero-order chi connectivity index (χ0) is 15.9. The number of thiazole rings is 1. The second kappa shape index (κ2) is 8.37. The molecule has 0 aliphatic rings. The molecule has 1 aromatic heterocycles. The molecule has 0 aliphatic heterocycles. The molecule has 21 heavy (non-hydrogen) atoms. The van der Waals surface area contributed by atoms with Gasteiger partial charge in [-0.2, -0.15) is 0 Å². The predicted octanol–water partition coefficient (Wildman–Crippen LogP) is 3.64. The standard InChI is InChI=1S/C16H30N4S/c1-12-14(21-13(2)20-12)11-19-15(17-6)18-10-8-7-9-16(3,4)5/h7-11H2,1-6H3,(H2,17,18,19). The van der Waals surface area contributed by atoms with E-state index in [2.05, 4.69) is 48.3 Å². The Hall–Kier alpha value is -1.10. The molecule has 4 nitrogen and oxygen atoms in total. The number of unbranched alkanes of at least 4 members (excludes halogenated alkanes) is 1. The zero-order valence-electron chi connectivity index (χ0n) is 14.3. The highest BCUT2D eigenvalue weighted by molar-refractivity contribution is 7.11. The lowest BCUT2D eigenvalue weighted by Gasteiger charge is -2.18. The number of nitrogens with one attached hydrogen (secondary N) is 2. The summed E-state index contributed by atoms with van der Waals surface area (Å²) in [7, 11) is 1.81. The van der Waals surface area contributed by atoms with Crippen LogP contribution in [0, 0.1) is 19.3 Å². The van der Waals surface area contributed by atoms with Crippen molar-refractivity contribution < 1.29 is 0 Å². The van der Waals surface area contributed by atoms with E-state index in [1.165, 1.54) is 24.1 Å². The Bertz CT molecular complexity index is 457. The van der Waals surface area contributed by atoms with Crippen molar-refractivity contribution in [1.29, 1.82) is 0 Å². The molecule has 1 rings (SSSR count). The number of aryl methyl sites for hydroxylation is 2. The average Bonchev–Trinajstić information content (AvgIpc) is 2.70. The highest BCUT2D eigenvalue weighted by Gasteiger charge is 2.09. The molecule has 0 aliphatic carbocycles. The van der Waals surface area contributed by atoms with Crippen LogP contribution in [0.25, 0.3) is 0 Å². The van der Waals surface area contributed by atoms with Crippen LogP contribution in [-0.4, -0.2) is 24.5 Å². The van der Waals surface area contributed by atoms with Gasteiger partial charge < -0.3 is 10.6 Å². The first-order valence-corrected chi connectivity index (χ1v) is 8.51. The van der Waals surface area contributed by atoms with E-state index in [1.807, 2.05) is 14.0 Å². The fourth-order valence-electron chi connectivity index (χ4n) is 2.11. The molecule has 5 heteroatoms. The molecule has 0 radical (unpaired) electrons. The Kier molecular flexibility index (Phi) is 7.15. The topological polar surface area (TPSA) is 49.3 Å². The van der Waals surface area contributed by atoms with Gasteiger partial charge in [0.2, 0.25) is 0 Å². The van der Waals surface area contributed by atoms with Crippen molar-refractivity contribution in [2.75, 3.05) is 13.6 Å². The highest BCUT2D eigenvalue weighted by atomic mass is 32.1. The van der Waals surface area contributed by atoms with Crippen LogP contribution < -0.4 is 10.6 Å². The van der Waals surface area contributed by atoms with E-state index in [0.717, 1.165) is 29.8 Å². The molecule has 0 aromatic carbocycles. The quantitative estimate of drug-likeness (QED) is 0.479. The molecule has 0 amide bonds. The number of nitrogens with zero attached hydrogens (tertiary/aromatic N) is 2. The molecule has 0 saturated carbocycles. The second-order valence-electron chi connectivity index (χ2n) is 6.61. The molecule has 0 atom stereocenters. The van der Waals surface area contributed by atoms with Crippen LogP contribution >= 0.6 is 11.3 Å². The van der Waals surface area contributed by atoms with Crippen LogP contribution in [0.4, 0.5) is 0 Å². The number of guanidine groups is 1. The smallest absolute Gasteiger partial charge is 0.191 e. The summed E-state index contributed by atoms with van der Waals surface area (Å²) in [5, 5.41) is 7.85. The third kappa shape index (κ3) is 7.46. The third-order valence-corrected chi connectivity index (χ3v) is 4.36. The van der Waals surface area contributed by atoms with Gasteiger partial charge in [0.25, 0.3) is 0 Å². The molecule has 1 aromatic rings. The van der Waals surface area contributed by atoms with Crippen molar-refractivity contribution >= 4 is 17.3 Å². The molecular formula is C16H30N4S. The van der Waals surface area contributed by atoms with E-state index < -0.39 is 0 Å². The van der Waals surface area contributed by atoms with Gasteiger partial charge in [0.1, 0.15) is 0 Å².